The standard InChI is InChI=1S/C22H19N3O2S2/c1-13-8-9-18(26)17(10-13)25-19(27)12-29-22-20-16(15-6-4-3-5-7-15)11-28-21(20)23-14(2)24-22/h3-11,26H,12H2,1-2H3,(H,25,27). The smallest absolute Gasteiger partial charge is 0.234 e. The van der Waals surface area contributed by atoms with Crippen LogP contribution < -0.4 is 5.32 Å². The molecule has 2 N–H and O–H groups in total. The highest BCUT2D eigenvalue weighted by Crippen LogP contribution is 2.38. The van der Waals surface area contributed by atoms with Crippen LogP contribution in [0.4, 0.5) is 5.69 Å². The fourth-order valence-corrected chi connectivity index (χ4v) is 4.96. The van der Waals surface area contributed by atoms with Crippen molar-refractivity contribution in [3.63, 3.8) is 0 Å². The molecule has 2 heterocycles. The van der Waals surface area contributed by atoms with E-state index in [1.807, 2.05) is 32.0 Å². The molecule has 0 aliphatic carbocycles. The summed E-state index contributed by atoms with van der Waals surface area (Å²) in [6, 6.07) is 15.2. The van der Waals surface area contributed by atoms with Gasteiger partial charge in [0.1, 0.15) is 21.4 Å². The molecule has 0 atom stereocenters. The summed E-state index contributed by atoms with van der Waals surface area (Å²) in [5.74, 6) is 0.719. The molecule has 2 aromatic carbocycles. The van der Waals surface area contributed by atoms with E-state index in [0.717, 1.165) is 31.9 Å². The van der Waals surface area contributed by atoms with Gasteiger partial charge in [0.25, 0.3) is 0 Å². The first kappa shape index (κ1) is 19.4. The van der Waals surface area contributed by atoms with Crippen molar-refractivity contribution >= 4 is 44.9 Å². The number of phenols is 1. The van der Waals surface area contributed by atoms with E-state index in [-0.39, 0.29) is 17.4 Å². The van der Waals surface area contributed by atoms with Crippen molar-refractivity contribution in [1.29, 1.82) is 0 Å². The number of carbonyl (C=O) groups excluding carboxylic acids is 1. The molecule has 4 aromatic rings. The Balaban J connectivity index is 1.60. The Labute approximate surface area is 176 Å². The van der Waals surface area contributed by atoms with Crippen LogP contribution in [0.25, 0.3) is 21.3 Å². The lowest BCUT2D eigenvalue weighted by molar-refractivity contribution is -0.113. The molecule has 0 fully saturated rings. The number of anilines is 1. The molecule has 0 saturated heterocycles. The summed E-state index contributed by atoms with van der Waals surface area (Å²) in [6.07, 6.45) is 0. The van der Waals surface area contributed by atoms with Crippen LogP contribution >= 0.6 is 23.1 Å². The van der Waals surface area contributed by atoms with Crippen LogP contribution in [0, 0.1) is 13.8 Å². The average Bonchev–Trinajstić information content (AvgIpc) is 3.13. The van der Waals surface area contributed by atoms with Gasteiger partial charge in [-0.2, -0.15) is 0 Å². The van der Waals surface area contributed by atoms with Crippen molar-refractivity contribution in [2.24, 2.45) is 0 Å². The molecule has 0 aliphatic heterocycles. The monoisotopic (exact) mass is 421 g/mol. The molecule has 2 aromatic heterocycles. The number of hydrogen-bond acceptors (Lipinski definition) is 6. The topological polar surface area (TPSA) is 75.1 Å². The van der Waals surface area contributed by atoms with Gasteiger partial charge in [-0.25, -0.2) is 9.97 Å². The zero-order valence-electron chi connectivity index (χ0n) is 16.0. The number of phenolic OH excluding ortho intramolecular Hbond substituents is 1. The lowest BCUT2D eigenvalue weighted by atomic mass is 10.1. The number of aromatic nitrogens is 2. The van der Waals surface area contributed by atoms with Crippen molar-refractivity contribution < 1.29 is 9.90 Å². The van der Waals surface area contributed by atoms with Gasteiger partial charge in [-0.1, -0.05) is 48.2 Å². The summed E-state index contributed by atoms with van der Waals surface area (Å²) in [5.41, 5.74) is 3.55. The number of nitrogens with zero attached hydrogens (tertiary/aromatic N) is 2. The molecule has 0 unspecified atom stereocenters. The van der Waals surface area contributed by atoms with Gasteiger partial charge >= 0.3 is 0 Å². The fraction of sp³-hybridized carbons (Fsp3) is 0.136. The van der Waals surface area contributed by atoms with Crippen LogP contribution in [0.1, 0.15) is 11.4 Å². The maximum Gasteiger partial charge on any atom is 0.234 e. The highest BCUT2D eigenvalue weighted by molar-refractivity contribution is 8.00. The van der Waals surface area contributed by atoms with E-state index >= 15 is 0 Å². The predicted molar refractivity (Wildman–Crippen MR) is 120 cm³/mol. The van der Waals surface area contributed by atoms with E-state index in [4.69, 9.17) is 0 Å². The molecule has 1 amide bonds. The van der Waals surface area contributed by atoms with Crippen LogP contribution in [0.2, 0.25) is 0 Å². The van der Waals surface area contributed by atoms with Crippen molar-refractivity contribution in [3.05, 3.63) is 65.3 Å². The minimum atomic E-state index is -0.197. The first-order valence-electron chi connectivity index (χ1n) is 9.05. The van der Waals surface area contributed by atoms with Crippen LogP contribution in [0.3, 0.4) is 0 Å². The van der Waals surface area contributed by atoms with Gasteiger partial charge in [-0.15, -0.1) is 11.3 Å². The third-order valence-electron chi connectivity index (χ3n) is 4.36. The highest BCUT2D eigenvalue weighted by atomic mass is 32.2. The Morgan fingerprint density at radius 2 is 1.93 bits per heavy atom. The van der Waals surface area contributed by atoms with Crippen LogP contribution in [-0.2, 0) is 4.79 Å². The Hall–Kier alpha value is -2.90. The van der Waals surface area contributed by atoms with Gasteiger partial charge in [0, 0.05) is 10.9 Å². The Morgan fingerprint density at radius 3 is 2.72 bits per heavy atom. The highest BCUT2D eigenvalue weighted by Gasteiger charge is 2.16. The molecule has 0 aliphatic rings. The molecular formula is C22H19N3O2S2. The van der Waals surface area contributed by atoms with Gasteiger partial charge in [-0.05, 0) is 37.1 Å². The summed E-state index contributed by atoms with van der Waals surface area (Å²) in [5, 5.41) is 16.6. The SMILES string of the molecule is Cc1ccc(O)c(NC(=O)CSc2nc(C)nc3scc(-c4ccccc4)c23)c1. The lowest BCUT2D eigenvalue weighted by Gasteiger charge is -2.09. The number of nitrogens with one attached hydrogen (secondary N) is 1. The van der Waals surface area contributed by atoms with E-state index in [2.05, 4.69) is 32.8 Å². The molecule has 0 radical (unpaired) electrons. The molecule has 29 heavy (non-hydrogen) atoms. The number of hydrogen-bond donors (Lipinski definition) is 2. The molecule has 0 spiro atoms. The third-order valence-corrected chi connectivity index (χ3v) is 6.21. The van der Waals surface area contributed by atoms with Gasteiger partial charge in [0.2, 0.25) is 5.91 Å². The van der Waals surface area contributed by atoms with Gasteiger partial charge in [0.15, 0.2) is 0 Å². The number of benzene rings is 2. The normalized spacial score (nSPS) is 11.0. The van der Waals surface area contributed by atoms with Crippen LogP contribution in [0.15, 0.2) is 58.9 Å². The summed E-state index contributed by atoms with van der Waals surface area (Å²) >= 11 is 2.96. The largest absolute Gasteiger partial charge is 0.506 e. The van der Waals surface area contributed by atoms with Crippen LogP contribution in [0.5, 0.6) is 5.75 Å². The number of rotatable bonds is 5. The lowest BCUT2D eigenvalue weighted by Crippen LogP contribution is -2.14. The predicted octanol–water partition coefficient (Wildman–Crippen LogP) is 5.41. The fourth-order valence-electron chi connectivity index (χ4n) is 3.02. The van der Waals surface area contributed by atoms with Gasteiger partial charge in [0.05, 0.1) is 16.8 Å². The second kappa shape index (κ2) is 8.23. The summed E-state index contributed by atoms with van der Waals surface area (Å²) in [6.45, 7) is 3.77. The first-order chi connectivity index (χ1) is 14.0. The minimum Gasteiger partial charge on any atom is -0.506 e. The Morgan fingerprint density at radius 1 is 1.14 bits per heavy atom. The molecule has 4 rings (SSSR count). The summed E-state index contributed by atoms with van der Waals surface area (Å²) < 4.78 is 0. The number of thiophene rings is 1. The first-order valence-corrected chi connectivity index (χ1v) is 10.9. The zero-order valence-corrected chi connectivity index (χ0v) is 17.6. The average molecular weight is 422 g/mol. The van der Waals surface area contributed by atoms with Crippen molar-refractivity contribution in [3.8, 4) is 16.9 Å². The van der Waals surface area contributed by atoms with E-state index in [1.165, 1.54) is 11.8 Å². The molecular weight excluding hydrogens is 402 g/mol. The summed E-state index contributed by atoms with van der Waals surface area (Å²) in [7, 11) is 0. The molecule has 5 nitrogen and oxygen atoms in total. The van der Waals surface area contributed by atoms with Gasteiger partial charge in [-0.3, -0.25) is 4.79 Å². The molecule has 0 bridgehead atoms. The molecule has 0 saturated carbocycles. The number of aromatic hydroxyl groups is 1. The number of fused-ring (bicyclic) bond motifs is 1. The quantitative estimate of drug-likeness (QED) is 0.256. The van der Waals surface area contributed by atoms with E-state index in [1.54, 1.807) is 29.5 Å². The second-order valence-corrected chi connectivity index (χ2v) is 8.45. The van der Waals surface area contributed by atoms with Crippen molar-refractivity contribution in [2.75, 3.05) is 11.1 Å². The number of carbonyl (C=O) groups is 1. The molecule has 7 heteroatoms. The van der Waals surface area contributed by atoms with Gasteiger partial charge < -0.3 is 10.4 Å². The third kappa shape index (κ3) is 4.26. The minimum absolute atomic E-state index is 0.0541. The van der Waals surface area contributed by atoms with Crippen molar-refractivity contribution in [2.45, 2.75) is 18.9 Å². The number of aryl methyl sites for hydroxylation is 2. The summed E-state index contributed by atoms with van der Waals surface area (Å²) in [4.78, 5) is 22.6. The van der Waals surface area contributed by atoms with E-state index < -0.39 is 0 Å². The number of thioether (sulfide) groups is 1. The molecule has 146 valence electrons. The van der Waals surface area contributed by atoms with Crippen LogP contribution in [-0.4, -0.2) is 26.7 Å². The van der Waals surface area contributed by atoms with Crippen molar-refractivity contribution in [1.82, 2.24) is 9.97 Å². The Kier molecular flexibility index (Phi) is 5.51. The maximum atomic E-state index is 12.5. The zero-order chi connectivity index (χ0) is 20.4. The maximum absolute atomic E-state index is 12.5. The van der Waals surface area contributed by atoms with E-state index in [9.17, 15) is 9.90 Å². The van der Waals surface area contributed by atoms with E-state index in [0.29, 0.717) is 11.5 Å². The number of amides is 1. The second-order valence-electron chi connectivity index (χ2n) is 6.63. The Bertz CT molecular complexity index is 1190.